The fourth-order valence-corrected chi connectivity index (χ4v) is 2.07. The molecule has 62 valence electrons. The van der Waals surface area contributed by atoms with Gasteiger partial charge in [0.25, 0.3) is 0 Å². The predicted molar refractivity (Wildman–Crippen MR) is 51.2 cm³/mol. The van der Waals surface area contributed by atoms with E-state index in [0.29, 0.717) is 0 Å². The first kappa shape index (κ1) is 8.08. The minimum absolute atomic E-state index is 0.840. The van der Waals surface area contributed by atoms with Gasteiger partial charge >= 0.3 is 7.07 Å². The largest absolute Gasteiger partial charge is 0.509 e. The highest BCUT2D eigenvalue weighted by Crippen LogP contribution is 2.32. The van der Waals surface area contributed by atoms with E-state index in [4.69, 9.17) is 16.3 Å². The van der Waals surface area contributed by atoms with Crippen LogP contribution in [0.15, 0.2) is 30.3 Å². The molecule has 0 spiro atoms. The maximum atomic E-state index is 5.48. The van der Waals surface area contributed by atoms with Gasteiger partial charge in [-0.25, -0.2) is 0 Å². The van der Waals surface area contributed by atoms with Gasteiger partial charge in [0.05, 0.1) is 0 Å². The van der Waals surface area contributed by atoms with Gasteiger partial charge in [-0.1, -0.05) is 18.2 Å². The van der Waals surface area contributed by atoms with Crippen LogP contribution in [0.1, 0.15) is 0 Å². The van der Waals surface area contributed by atoms with Gasteiger partial charge in [0.1, 0.15) is 6.67 Å². The van der Waals surface area contributed by atoms with Crippen LogP contribution in [0.5, 0.6) is 5.75 Å². The van der Waals surface area contributed by atoms with Crippen molar-refractivity contribution >= 4 is 18.9 Å². The molecule has 3 nitrogen and oxygen atoms in total. The van der Waals surface area contributed by atoms with E-state index in [2.05, 4.69) is 5.43 Å². The van der Waals surface area contributed by atoms with Crippen molar-refractivity contribution in [1.82, 2.24) is 10.2 Å². The molecule has 0 aliphatic carbocycles. The van der Waals surface area contributed by atoms with Gasteiger partial charge in [0.2, 0.25) is 11.8 Å². The Morgan fingerprint density at radius 3 is 2.67 bits per heavy atom. The highest BCUT2D eigenvalue weighted by molar-refractivity contribution is 8.02. The second-order valence-electron chi connectivity index (χ2n) is 2.36. The molecule has 5 heteroatoms. The molecule has 12 heavy (non-hydrogen) atoms. The summed E-state index contributed by atoms with van der Waals surface area (Å²) >= 11 is 5.11. The number of hydrazine groups is 1. The van der Waals surface area contributed by atoms with Gasteiger partial charge < -0.3 is 0 Å². The second-order valence-corrected chi connectivity index (χ2v) is 4.44. The maximum absolute atomic E-state index is 5.48. The molecule has 2 unspecified atom stereocenters. The van der Waals surface area contributed by atoms with E-state index in [1.807, 2.05) is 35.1 Å². The topological polar surface area (TPSA) is 34.2 Å². The Kier molecular flexibility index (Phi) is 2.33. The molecular formula is C7H8N2OPS+. The van der Waals surface area contributed by atoms with Crippen LogP contribution in [0.25, 0.3) is 0 Å². The van der Waals surface area contributed by atoms with Crippen LogP contribution in [-0.4, -0.2) is 11.4 Å². The zero-order valence-electron chi connectivity index (χ0n) is 6.30. The third-order valence-electron chi connectivity index (χ3n) is 1.42. The summed E-state index contributed by atoms with van der Waals surface area (Å²) in [5.41, 5.74) is 2.99. The number of nitrogens with one attached hydrogen (secondary N) is 1. The molecule has 0 saturated carbocycles. The van der Waals surface area contributed by atoms with Crippen molar-refractivity contribution < 1.29 is 4.52 Å². The van der Waals surface area contributed by atoms with Gasteiger partial charge in [-0.15, -0.1) is 0 Å². The lowest BCUT2D eigenvalue weighted by atomic mass is 10.3. The minimum atomic E-state index is -0.899. The molecule has 0 aromatic heterocycles. The minimum Gasteiger partial charge on any atom is -0.259 e. The van der Waals surface area contributed by atoms with Crippen LogP contribution >= 0.6 is 7.07 Å². The molecule has 1 N–H and O–H groups in total. The highest BCUT2D eigenvalue weighted by atomic mass is 32.4. The van der Waals surface area contributed by atoms with Crippen molar-refractivity contribution in [1.29, 1.82) is 0 Å². The lowest BCUT2D eigenvalue weighted by Crippen LogP contribution is -1.91. The number of nitrogens with zero attached hydrogens (tertiary/aromatic N) is 1. The van der Waals surface area contributed by atoms with Crippen molar-refractivity contribution in [2.75, 3.05) is 6.67 Å². The summed E-state index contributed by atoms with van der Waals surface area (Å²) in [5.74, 6) is 0.840. The molecule has 1 aliphatic heterocycles. The van der Waals surface area contributed by atoms with E-state index >= 15 is 0 Å². The molecular weight excluding hydrogens is 191 g/mol. The molecule has 2 atom stereocenters. The van der Waals surface area contributed by atoms with Crippen molar-refractivity contribution in [3.63, 3.8) is 0 Å². The second kappa shape index (κ2) is 3.46. The van der Waals surface area contributed by atoms with E-state index in [0.717, 1.165) is 12.4 Å². The van der Waals surface area contributed by atoms with Gasteiger partial charge in [-0.3, -0.25) is 4.52 Å². The van der Waals surface area contributed by atoms with E-state index in [1.54, 1.807) is 0 Å². The van der Waals surface area contributed by atoms with Crippen molar-refractivity contribution in [2.45, 2.75) is 0 Å². The first-order valence-corrected chi connectivity index (χ1v) is 5.80. The Bertz CT molecular complexity index is 289. The van der Waals surface area contributed by atoms with Gasteiger partial charge in [-0.05, 0) is 12.1 Å². The Morgan fingerprint density at radius 1 is 1.42 bits per heavy atom. The van der Waals surface area contributed by atoms with Gasteiger partial charge in [-0.2, -0.15) is 5.43 Å². The Balaban J connectivity index is 1.98. The molecule has 1 aromatic rings. The Labute approximate surface area is 76.9 Å². The number of benzene rings is 1. The predicted octanol–water partition coefficient (Wildman–Crippen LogP) is 1.62. The SMILES string of the molecule is S=[P+](Oc1ccccc1)N1CN1. The summed E-state index contributed by atoms with van der Waals surface area (Å²) in [6, 6.07) is 9.64. The van der Waals surface area contributed by atoms with Crippen molar-refractivity contribution in [2.24, 2.45) is 0 Å². The first-order chi connectivity index (χ1) is 5.86. The summed E-state index contributed by atoms with van der Waals surface area (Å²) < 4.78 is 7.38. The zero-order valence-corrected chi connectivity index (χ0v) is 8.02. The van der Waals surface area contributed by atoms with E-state index in [1.165, 1.54) is 0 Å². The van der Waals surface area contributed by atoms with Gasteiger partial charge in [0, 0.05) is 4.78 Å². The molecule has 0 radical (unpaired) electrons. The molecule has 1 aliphatic rings. The Hall–Kier alpha value is -0.540. The average Bonchev–Trinajstić information content (AvgIpc) is 2.88. The van der Waals surface area contributed by atoms with Crippen LogP contribution < -0.4 is 9.95 Å². The number of rotatable bonds is 3. The summed E-state index contributed by atoms with van der Waals surface area (Å²) in [5, 5.41) is 0. The third-order valence-corrected chi connectivity index (χ3v) is 3.28. The third kappa shape index (κ3) is 1.99. The molecule has 1 heterocycles. The van der Waals surface area contributed by atoms with E-state index in [-0.39, 0.29) is 0 Å². The molecule has 1 saturated heterocycles. The highest BCUT2D eigenvalue weighted by Gasteiger charge is 2.36. The fourth-order valence-electron chi connectivity index (χ4n) is 0.768. The maximum Gasteiger partial charge on any atom is 0.509 e. The molecule has 1 fully saturated rings. The lowest BCUT2D eigenvalue weighted by molar-refractivity contribution is 0.588. The lowest BCUT2D eigenvalue weighted by Gasteiger charge is -1.91. The quantitative estimate of drug-likeness (QED) is 0.592. The molecule has 2 rings (SSSR count). The van der Waals surface area contributed by atoms with Crippen LogP contribution in [0.3, 0.4) is 0 Å². The molecule has 1 aromatic carbocycles. The summed E-state index contributed by atoms with van der Waals surface area (Å²) in [6.45, 7) is 0.849. The van der Waals surface area contributed by atoms with Crippen LogP contribution in [-0.2, 0) is 11.8 Å². The normalized spacial score (nSPS) is 21.7. The summed E-state index contributed by atoms with van der Waals surface area (Å²) in [6.07, 6.45) is 0. The van der Waals surface area contributed by atoms with Crippen molar-refractivity contribution in [3.8, 4) is 5.75 Å². The number of hydrogen-bond acceptors (Lipinski definition) is 3. The van der Waals surface area contributed by atoms with Crippen molar-refractivity contribution in [3.05, 3.63) is 30.3 Å². The van der Waals surface area contributed by atoms with E-state index in [9.17, 15) is 0 Å². The Morgan fingerprint density at radius 2 is 2.08 bits per heavy atom. The standard InChI is InChI=1S/C7H8N2OPS/c12-11(9-6-8-9)10-7-4-2-1-3-5-7/h1-5,8H,6H2/q+1. The molecule has 0 bridgehead atoms. The number of hydrogen-bond donors (Lipinski definition) is 1. The first-order valence-electron chi connectivity index (χ1n) is 3.57. The monoisotopic (exact) mass is 199 g/mol. The van der Waals surface area contributed by atoms with Crippen LogP contribution in [0.4, 0.5) is 0 Å². The fraction of sp³-hybridized carbons (Fsp3) is 0.143. The van der Waals surface area contributed by atoms with E-state index < -0.39 is 7.07 Å². The molecule has 0 amide bonds. The van der Waals surface area contributed by atoms with Crippen LogP contribution in [0, 0.1) is 0 Å². The zero-order chi connectivity index (χ0) is 8.39. The van der Waals surface area contributed by atoms with Gasteiger partial charge in [0.15, 0.2) is 5.75 Å². The summed E-state index contributed by atoms with van der Waals surface area (Å²) in [4.78, 5) is 0. The average molecular weight is 199 g/mol. The smallest absolute Gasteiger partial charge is 0.259 e. The summed E-state index contributed by atoms with van der Waals surface area (Å²) in [7, 11) is -0.899. The van der Waals surface area contributed by atoms with Crippen LogP contribution in [0.2, 0.25) is 0 Å². The number of para-hydroxylation sites is 1.